The van der Waals surface area contributed by atoms with Crippen molar-refractivity contribution in [3.8, 4) is 0 Å². The van der Waals surface area contributed by atoms with Crippen molar-refractivity contribution in [2.24, 2.45) is 0 Å². The zero-order chi connectivity index (χ0) is 12.1. The van der Waals surface area contributed by atoms with E-state index in [0.717, 1.165) is 32.7 Å². The standard InChI is InChI=1S/C13H25N3O/c1-2-16(12-6-4-3-5-7-12)13(17)15-10-8-14-9-11-15/h12,14H,2-11H2,1H3. The van der Waals surface area contributed by atoms with Gasteiger partial charge in [-0.25, -0.2) is 4.79 Å². The second-order valence-corrected chi connectivity index (χ2v) is 5.10. The van der Waals surface area contributed by atoms with E-state index in [4.69, 9.17) is 0 Å². The molecule has 0 aromatic carbocycles. The lowest BCUT2D eigenvalue weighted by atomic mass is 9.94. The van der Waals surface area contributed by atoms with Crippen LogP contribution in [-0.4, -0.2) is 54.6 Å². The molecular formula is C13H25N3O. The zero-order valence-electron chi connectivity index (χ0n) is 11.0. The van der Waals surface area contributed by atoms with E-state index >= 15 is 0 Å². The van der Waals surface area contributed by atoms with E-state index in [1.165, 1.54) is 32.1 Å². The van der Waals surface area contributed by atoms with Crippen LogP contribution in [0.3, 0.4) is 0 Å². The number of rotatable bonds is 2. The van der Waals surface area contributed by atoms with E-state index in [0.29, 0.717) is 6.04 Å². The number of amides is 2. The monoisotopic (exact) mass is 239 g/mol. The molecule has 1 saturated carbocycles. The van der Waals surface area contributed by atoms with Crippen LogP contribution in [0.5, 0.6) is 0 Å². The second kappa shape index (κ2) is 6.24. The van der Waals surface area contributed by atoms with Gasteiger partial charge in [-0.3, -0.25) is 0 Å². The highest BCUT2D eigenvalue weighted by molar-refractivity contribution is 5.75. The fraction of sp³-hybridized carbons (Fsp3) is 0.923. The lowest BCUT2D eigenvalue weighted by Crippen LogP contribution is -2.54. The van der Waals surface area contributed by atoms with Crippen molar-refractivity contribution in [2.45, 2.75) is 45.1 Å². The predicted octanol–water partition coefficient (Wildman–Crippen LogP) is 1.67. The Morgan fingerprint density at radius 3 is 2.47 bits per heavy atom. The maximum atomic E-state index is 12.5. The van der Waals surface area contributed by atoms with Crippen LogP contribution in [0.25, 0.3) is 0 Å². The highest BCUT2D eigenvalue weighted by atomic mass is 16.2. The summed E-state index contributed by atoms with van der Waals surface area (Å²) in [5, 5.41) is 3.29. The summed E-state index contributed by atoms with van der Waals surface area (Å²) in [6, 6.07) is 0.761. The topological polar surface area (TPSA) is 35.6 Å². The van der Waals surface area contributed by atoms with Crippen LogP contribution in [0.2, 0.25) is 0 Å². The summed E-state index contributed by atoms with van der Waals surface area (Å²) in [6.07, 6.45) is 6.32. The molecule has 0 bridgehead atoms. The Bertz CT molecular complexity index is 245. The maximum absolute atomic E-state index is 12.5. The van der Waals surface area contributed by atoms with E-state index < -0.39 is 0 Å². The number of carbonyl (C=O) groups excluding carboxylic acids is 1. The van der Waals surface area contributed by atoms with E-state index in [1.54, 1.807) is 0 Å². The van der Waals surface area contributed by atoms with Crippen molar-refractivity contribution >= 4 is 6.03 Å². The van der Waals surface area contributed by atoms with Crippen molar-refractivity contribution < 1.29 is 4.79 Å². The van der Waals surface area contributed by atoms with E-state index in [-0.39, 0.29) is 6.03 Å². The van der Waals surface area contributed by atoms with Crippen molar-refractivity contribution in [2.75, 3.05) is 32.7 Å². The zero-order valence-corrected chi connectivity index (χ0v) is 11.0. The maximum Gasteiger partial charge on any atom is 0.320 e. The molecule has 1 saturated heterocycles. The molecule has 1 aliphatic carbocycles. The average Bonchev–Trinajstić information content (AvgIpc) is 2.42. The Labute approximate surface area is 104 Å². The molecular weight excluding hydrogens is 214 g/mol. The van der Waals surface area contributed by atoms with Crippen molar-refractivity contribution in [1.29, 1.82) is 0 Å². The Kier molecular flexibility index (Phi) is 4.66. The molecule has 1 aliphatic heterocycles. The van der Waals surface area contributed by atoms with Gasteiger partial charge in [0.05, 0.1) is 0 Å². The quantitative estimate of drug-likeness (QED) is 0.795. The Balaban J connectivity index is 1.93. The third-order valence-corrected chi connectivity index (χ3v) is 3.99. The SMILES string of the molecule is CCN(C(=O)N1CCNCC1)C1CCCCC1. The van der Waals surface area contributed by atoms with Gasteiger partial charge in [0.25, 0.3) is 0 Å². The van der Waals surface area contributed by atoms with Crippen molar-refractivity contribution in [3.63, 3.8) is 0 Å². The highest BCUT2D eigenvalue weighted by Crippen LogP contribution is 2.23. The van der Waals surface area contributed by atoms with Crippen LogP contribution in [0, 0.1) is 0 Å². The van der Waals surface area contributed by atoms with Crippen LogP contribution in [-0.2, 0) is 0 Å². The third-order valence-electron chi connectivity index (χ3n) is 3.99. The summed E-state index contributed by atoms with van der Waals surface area (Å²) >= 11 is 0. The molecule has 0 radical (unpaired) electrons. The minimum Gasteiger partial charge on any atom is -0.322 e. The minimum absolute atomic E-state index is 0.265. The molecule has 4 heteroatoms. The summed E-state index contributed by atoms with van der Waals surface area (Å²) < 4.78 is 0. The first-order chi connectivity index (χ1) is 8.33. The molecule has 0 unspecified atom stereocenters. The second-order valence-electron chi connectivity index (χ2n) is 5.10. The van der Waals surface area contributed by atoms with Crippen molar-refractivity contribution in [3.05, 3.63) is 0 Å². The molecule has 2 rings (SSSR count). The normalized spacial score (nSPS) is 22.5. The molecule has 1 heterocycles. The number of piperazine rings is 1. The number of nitrogens with one attached hydrogen (secondary N) is 1. The summed E-state index contributed by atoms with van der Waals surface area (Å²) in [6.45, 7) is 6.56. The van der Waals surface area contributed by atoms with Crippen LogP contribution >= 0.6 is 0 Å². The number of carbonyl (C=O) groups is 1. The number of urea groups is 1. The van der Waals surface area contributed by atoms with Gasteiger partial charge in [-0.1, -0.05) is 19.3 Å². The van der Waals surface area contributed by atoms with Crippen LogP contribution in [0.4, 0.5) is 4.79 Å². The summed E-state index contributed by atoms with van der Waals surface area (Å²) in [5.41, 5.74) is 0. The first kappa shape index (κ1) is 12.7. The van der Waals surface area contributed by atoms with E-state index in [2.05, 4.69) is 17.1 Å². The van der Waals surface area contributed by atoms with Crippen molar-refractivity contribution in [1.82, 2.24) is 15.1 Å². The van der Waals surface area contributed by atoms with Crippen LogP contribution in [0.1, 0.15) is 39.0 Å². The van der Waals surface area contributed by atoms with Crippen LogP contribution < -0.4 is 5.32 Å². The van der Waals surface area contributed by atoms with Crippen LogP contribution in [0.15, 0.2) is 0 Å². The summed E-state index contributed by atoms with van der Waals surface area (Å²) in [5.74, 6) is 0. The predicted molar refractivity (Wildman–Crippen MR) is 69.1 cm³/mol. The third kappa shape index (κ3) is 3.12. The van der Waals surface area contributed by atoms with Gasteiger partial charge < -0.3 is 15.1 Å². The van der Waals surface area contributed by atoms with Gasteiger partial charge in [-0.05, 0) is 19.8 Å². The smallest absolute Gasteiger partial charge is 0.320 e. The molecule has 0 aromatic rings. The van der Waals surface area contributed by atoms with E-state index in [1.807, 2.05) is 4.90 Å². The van der Waals surface area contributed by atoms with Gasteiger partial charge >= 0.3 is 6.03 Å². The van der Waals surface area contributed by atoms with Gasteiger partial charge in [-0.2, -0.15) is 0 Å². The summed E-state index contributed by atoms with van der Waals surface area (Å²) in [7, 11) is 0. The molecule has 98 valence electrons. The van der Waals surface area contributed by atoms with Gasteiger partial charge in [-0.15, -0.1) is 0 Å². The lowest BCUT2D eigenvalue weighted by molar-refractivity contribution is 0.118. The minimum atomic E-state index is 0.265. The molecule has 17 heavy (non-hydrogen) atoms. The molecule has 2 fully saturated rings. The van der Waals surface area contributed by atoms with Gasteiger partial charge in [0.15, 0.2) is 0 Å². The first-order valence-corrected chi connectivity index (χ1v) is 7.09. The molecule has 0 aromatic heterocycles. The summed E-state index contributed by atoms with van der Waals surface area (Å²) in [4.78, 5) is 16.6. The fourth-order valence-corrected chi connectivity index (χ4v) is 2.98. The molecule has 4 nitrogen and oxygen atoms in total. The molecule has 0 spiro atoms. The Morgan fingerprint density at radius 2 is 1.88 bits per heavy atom. The van der Waals surface area contributed by atoms with E-state index in [9.17, 15) is 4.79 Å². The highest BCUT2D eigenvalue weighted by Gasteiger charge is 2.28. The molecule has 2 amide bonds. The number of nitrogens with zero attached hydrogens (tertiary/aromatic N) is 2. The lowest BCUT2D eigenvalue weighted by Gasteiger charge is -2.38. The first-order valence-electron chi connectivity index (χ1n) is 7.09. The Hall–Kier alpha value is -0.770. The molecule has 2 aliphatic rings. The number of hydrogen-bond donors (Lipinski definition) is 1. The van der Waals surface area contributed by atoms with Gasteiger partial charge in [0.1, 0.15) is 0 Å². The Morgan fingerprint density at radius 1 is 1.24 bits per heavy atom. The van der Waals surface area contributed by atoms with Gasteiger partial charge in [0, 0.05) is 38.8 Å². The fourth-order valence-electron chi connectivity index (χ4n) is 2.98. The van der Waals surface area contributed by atoms with Gasteiger partial charge in [0.2, 0.25) is 0 Å². The average molecular weight is 239 g/mol. The molecule has 0 atom stereocenters. The largest absolute Gasteiger partial charge is 0.322 e. The number of hydrogen-bond acceptors (Lipinski definition) is 2. The molecule has 1 N–H and O–H groups in total.